The van der Waals surface area contributed by atoms with Crippen LogP contribution in [0.25, 0.3) is 17.0 Å². The summed E-state index contributed by atoms with van der Waals surface area (Å²) < 4.78 is 6.50. The van der Waals surface area contributed by atoms with Gasteiger partial charge in [0.05, 0.1) is 29.9 Å². The molecule has 0 amide bonds. The van der Waals surface area contributed by atoms with E-state index in [1.807, 2.05) is 13.0 Å². The third-order valence-electron chi connectivity index (χ3n) is 3.91. The maximum Gasteiger partial charge on any atom is 0.311 e. The Hall–Kier alpha value is -2.15. The van der Waals surface area contributed by atoms with E-state index in [4.69, 9.17) is 33.7 Å². The van der Waals surface area contributed by atoms with E-state index < -0.39 is 0 Å². The Kier molecular flexibility index (Phi) is 4.94. The quantitative estimate of drug-likeness (QED) is 0.704. The van der Waals surface area contributed by atoms with Gasteiger partial charge in [-0.15, -0.1) is 0 Å². The lowest BCUT2D eigenvalue weighted by Gasteiger charge is -2.14. The number of hydrogen-bond donors (Lipinski definition) is 1. The Morgan fingerprint density at radius 1 is 1.32 bits per heavy atom. The molecule has 25 heavy (non-hydrogen) atoms. The van der Waals surface area contributed by atoms with Gasteiger partial charge in [0.25, 0.3) is 0 Å². The first-order chi connectivity index (χ1) is 11.9. The second kappa shape index (κ2) is 7.00. The molecule has 6 nitrogen and oxygen atoms in total. The van der Waals surface area contributed by atoms with Crippen molar-refractivity contribution in [3.8, 4) is 11.3 Å². The fraction of sp³-hybridized carbons (Fsp3) is 0.235. The first kappa shape index (κ1) is 17.7. The second-order valence-corrected chi connectivity index (χ2v) is 6.35. The molecule has 1 aromatic carbocycles. The van der Waals surface area contributed by atoms with Gasteiger partial charge in [-0.25, -0.2) is 9.97 Å². The molecule has 3 rings (SSSR count). The van der Waals surface area contributed by atoms with Crippen molar-refractivity contribution in [2.45, 2.75) is 19.9 Å². The lowest BCUT2D eigenvalue weighted by Crippen LogP contribution is -2.08. The number of methoxy groups -OCH3 is 1. The molecule has 2 aromatic heterocycles. The topological polar surface area (TPSA) is 82.5 Å². The molecule has 8 heteroatoms. The number of carbonyl (C=O) groups is 1. The first-order valence-corrected chi connectivity index (χ1v) is 8.30. The van der Waals surface area contributed by atoms with Crippen molar-refractivity contribution in [3.63, 3.8) is 0 Å². The number of benzene rings is 1. The molecule has 0 saturated carbocycles. The summed E-state index contributed by atoms with van der Waals surface area (Å²) in [5, 5.41) is 1.04. The van der Waals surface area contributed by atoms with E-state index in [0.717, 1.165) is 22.5 Å². The highest BCUT2D eigenvalue weighted by Crippen LogP contribution is 2.34. The molecule has 0 unspecified atom stereocenters. The molecule has 0 aliphatic heterocycles. The summed E-state index contributed by atoms with van der Waals surface area (Å²) in [6.45, 7) is 2.15. The SMILES string of the molecule is COC(=O)Cc1cn2c(-c3ccc(Cl)cc3Cl)c(CN)c(C)nc2n1. The van der Waals surface area contributed by atoms with Gasteiger partial charge in [0.1, 0.15) is 0 Å². The minimum atomic E-state index is -0.370. The van der Waals surface area contributed by atoms with Crippen molar-refractivity contribution in [2.75, 3.05) is 7.11 Å². The average Bonchev–Trinajstić information content (AvgIpc) is 2.95. The third-order valence-corrected chi connectivity index (χ3v) is 4.46. The van der Waals surface area contributed by atoms with E-state index >= 15 is 0 Å². The summed E-state index contributed by atoms with van der Waals surface area (Å²) in [7, 11) is 1.34. The van der Waals surface area contributed by atoms with E-state index in [1.165, 1.54) is 7.11 Å². The molecule has 0 aliphatic rings. The highest BCUT2D eigenvalue weighted by atomic mass is 35.5. The van der Waals surface area contributed by atoms with Gasteiger partial charge in [-0.1, -0.05) is 23.2 Å². The van der Waals surface area contributed by atoms with Gasteiger partial charge in [-0.2, -0.15) is 0 Å². The molecular formula is C17H16Cl2N4O2. The van der Waals surface area contributed by atoms with Crippen molar-refractivity contribution in [1.82, 2.24) is 14.4 Å². The number of aromatic nitrogens is 3. The lowest BCUT2D eigenvalue weighted by atomic mass is 10.0. The van der Waals surface area contributed by atoms with E-state index in [1.54, 1.807) is 22.7 Å². The van der Waals surface area contributed by atoms with Gasteiger partial charge in [-0.3, -0.25) is 9.20 Å². The molecule has 0 aliphatic carbocycles. The lowest BCUT2D eigenvalue weighted by molar-refractivity contribution is -0.139. The van der Waals surface area contributed by atoms with Crippen LogP contribution in [0.4, 0.5) is 0 Å². The van der Waals surface area contributed by atoms with Crippen LogP contribution in [-0.4, -0.2) is 27.4 Å². The Morgan fingerprint density at radius 2 is 2.08 bits per heavy atom. The van der Waals surface area contributed by atoms with Crippen molar-refractivity contribution < 1.29 is 9.53 Å². The normalized spacial score (nSPS) is 11.1. The third kappa shape index (κ3) is 3.33. The van der Waals surface area contributed by atoms with Crippen molar-refractivity contribution >= 4 is 34.9 Å². The zero-order chi connectivity index (χ0) is 18.1. The average molecular weight is 379 g/mol. The fourth-order valence-electron chi connectivity index (χ4n) is 2.72. The molecule has 0 fully saturated rings. The van der Waals surface area contributed by atoms with Gasteiger partial charge in [0.15, 0.2) is 0 Å². The van der Waals surface area contributed by atoms with Crippen LogP contribution in [0.5, 0.6) is 0 Å². The molecule has 0 spiro atoms. The molecule has 2 N–H and O–H groups in total. The van der Waals surface area contributed by atoms with Crippen molar-refractivity contribution in [1.29, 1.82) is 0 Å². The van der Waals surface area contributed by atoms with Crippen LogP contribution in [0, 0.1) is 6.92 Å². The maximum atomic E-state index is 11.5. The van der Waals surface area contributed by atoms with Crippen LogP contribution in [0.3, 0.4) is 0 Å². The molecule has 2 heterocycles. The summed E-state index contributed by atoms with van der Waals surface area (Å²) >= 11 is 12.4. The Bertz CT molecular complexity index is 969. The summed E-state index contributed by atoms with van der Waals surface area (Å²) in [5.41, 5.74) is 9.66. The summed E-state index contributed by atoms with van der Waals surface area (Å²) in [6.07, 6.45) is 1.81. The minimum Gasteiger partial charge on any atom is -0.469 e. The van der Waals surface area contributed by atoms with Crippen LogP contribution >= 0.6 is 23.2 Å². The predicted octanol–water partition coefficient (Wildman–Crippen LogP) is 3.19. The number of carbonyl (C=O) groups excluding carboxylic acids is 1. The number of esters is 1. The van der Waals surface area contributed by atoms with Crippen LogP contribution in [-0.2, 0) is 22.5 Å². The number of imidazole rings is 1. The highest BCUT2D eigenvalue weighted by molar-refractivity contribution is 6.36. The second-order valence-electron chi connectivity index (χ2n) is 5.51. The molecule has 3 aromatic rings. The van der Waals surface area contributed by atoms with Crippen molar-refractivity contribution in [2.24, 2.45) is 5.73 Å². The number of hydrogen-bond acceptors (Lipinski definition) is 5. The highest BCUT2D eigenvalue weighted by Gasteiger charge is 2.19. The molecule has 0 bridgehead atoms. The van der Waals surface area contributed by atoms with E-state index in [2.05, 4.69) is 9.97 Å². The number of fused-ring (bicyclic) bond motifs is 1. The summed E-state index contributed by atoms with van der Waals surface area (Å²) in [6, 6.07) is 5.27. The molecule has 130 valence electrons. The van der Waals surface area contributed by atoms with Crippen LogP contribution < -0.4 is 5.73 Å². The molecule has 0 saturated heterocycles. The van der Waals surface area contributed by atoms with E-state index in [-0.39, 0.29) is 18.9 Å². The number of aryl methyl sites for hydroxylation is 1. The molecule has 0 radical (unpaired) electrons. The van der Waals surface area contributed by atoms with Gasteiger partial charge >= 0.3 is 5.97 Å². The Labute approximate surface area is 154 Å². The number of rotatable bonds is 4. The largest absolute Gasteiger partial charge is 0.469 e. The van der Waals surface area contributed by atoms with Gasteiger partial charge in [0, 0.05) is 34.6 Å². The predicted molar refractivity (Wildman–Crippen MR) is 96.8 cm³/mol. The fourth-order valence-corrected chi connectivity index (χ4v) is 3.22. The summed E-state index contributed by atoms with van der Waals surface area (Å²) in [5.74, 6) is 0.0971. The van der Waals surface area contributed by atoms with E-state index in [0.29, 0.717) is 21.5 Å². The van der Waals surface area contributed by atoms with Gasteiger partial charge in [-0.05, 0) is 25.1 Å². The Balaban J connectivity index is 2.28. The molecular weight excluding hydrogens is 363 g/mol. The van der Waals surface area contributed by atoms with Gasteiger partial charge in [0.2, 0.25) is 5.78 Å². The number of nitrogens with two attached hydrogens (primary N) is 1. The number of halogens is 2. The zero-order valence-electron chi connectivity index (χ0n) is 13.7. The minimum absolute atomic E-state index is 0.0602. The zero-order valence-corrected chi connectivity index (χ0v) is 15.2. The first-order valence-electron chi connectivity index (χ1n) is 7.54. The molecule has 0 atom stereocenters. The Morgan fingerprint density at radius 3 is 2.72 bits per heavy atom. The standard InChI is InChI=1S/C17H16Cl2N4O2/c1-9-13(7-20)16(12-4-3-10(18)5-14(12)19)23-8-11(6-15(24)25-2)22-17(23)21-9/h3-5,8H,6-7,20H2,1-2H3. The van der Waals surface area contributed by atoms with Gasteiger partial charge < -0.3 is 10.5 Å². The van der Waals surface area contributed by atoms with Crippen molar-refractivity contribution in [3.05, 3.63) is 51.4 Å². The van der Waals surface area contributed by atoms with Crippen LogP contribution in [0.15, 0.2) is 24.4 Å². The number of nitrogens with zero attached hydrogens (tertiary/aromatic N) is 3. The van der Waals surface area contributed by atoms with Crippen LogP contribution in [0.2, 0.25) is 10.0 Å². The number of ether oxygens (including phenoxy) is 1. The summed E-state index contributed by atoms with van der Waals surface area (Å²) in [4.78, 5) is 20.4. The maximum absolute atomic E-state index is 11.5. The van der Waals surface area contributed by atoms with E-state index in [9.17, 15) is 4.79 Å². The monoisotopic (exact) mass is 378 g/mol. The smallest absolute Gasteiger partial charge is 0.311 e. The van der Waals surface area contributed by atoms with Crippen LogP contribution in [0.1, 0.15) is 17.0 Å².